The largest absolute Gasteiger partial charge is 0.332 e. The van der Waals surface area contributed by atoms with Crippen LogP contribution in [0.3, 0.4) is 0 Å². The van der Waals surface area contributed by atoms with Gasteiger partial charge in [0.1, 0.15) is 5.82 Å². The van der Waals surface area contributed by atoms with E-state index in [1.54, 1.807) is 0 Å². The highest BCUT2D eigenvalue weighted by molar-refractivity contribution is 7.89. The van der Waals surface area contributed by atoms with E-state index in [0.717, 1.165) is 19.3 Å². The second kappa shape index (κ2) is 5.67. The van der Waals surface area contributed by atoms with Crippen molar-refractivity contribution in [1.82, 2.24) is 14.7 Å². The number of hydrogen-bond donors (Lipinski definition) is 2. The summed E-state index contributed by atoms with van der Waals surface area (Å²) in [5.41, 5.74) is 1.36. The molecule has 6 heteroatoms. The van der Waals surface area contributed by atoms with Gasteiger partial charge in [-0.3, -0.25) is 0 Å². The van der Waals surface area contributed by atoms with Crippen molar-refractivity contribution < 1.29 is 8.42 Å². The lowest BCUT2D eigenvalue weighted by Gasteiger charge is -2.05. The number of allylic oxidation sites excluding steroid dienone is 1. The minimum absolute atomic E-state index is 0.153. The van der Waals surface area contributed by atoms with Crippen LogP contribution in [0, 0.1) is 0 Å². The first-order valence-electron chi connectivity index (χ1n) is 6.33. The lowest BCUT2D eigenvalue weighted by molar-refractivity contribution is 0.577. The van der Waals surface area contributed by atoms with Crippen LogP contribution < -0.4 is 4.72 Å². The van der Waals surface area contributed by atoms with Gasteiger partial charge in [0.15, 0.2) is 5.03 Å². The van der Waals surface area contributed by atoms with Gasteiger partial charge in [-0.05, 0) is 25.7 Å². The average Bonchev–Trinajstić information content (AvgIpc) is 2.99. The zero-order valence-corrected chi connectivity index (χ0v) is 11.4. The Labute approximate surface area is 108 Å². The molecule has 18 heavy (non-hydrogen) atoms. The van der Waals surface area contributed by atoms with Crippen LogP contribution in [0.15, 0.2) is 22.9 Å². The molecule has 0 unspecified atom stereocenters. The third kappa shape index (κ3) is 3.20. The Kier molecular flexibility index (Phi) is 4.19. The van der Waals surface area contributed by atoms with Crippen molar-refractivity contribution in [3.05, 3.63) is 23.7 Å². The molecule has 5 nitrogen and oxygen atoms in total. The Hall–Kier alpha value is -1.14. The van der Waals surface area contributed by atoms with Gasteiger partial charge in [-0.1, -0.05) is 18.6 Å². The van der Waals surface area contributed by atoms with Gasteiger partial charge in [0.05, 0.1) is 6.20 Å². The van der Waals surface area contributed by atoms with Crippen molar-refractivity contribution >= 4 is 10.0 Å². The van der Waals surface area contributed by atoms with E-state index in [4.69, 9.17) is 0 Å². The lowest BCUT2D eigenvalue weighted by atomic mass is 10.2. The number of sulfonamides is 1. The van der Waals surface area contributed by atoms with Crippen molar-refractivity contribution in [3.63, 3.8) is 0 Å². The summed E-state index contributed by atoms with van der Waals surface area (Å²) in [6.07, 6.45) is 8.50. The van der Waals surface area contributed by atoms with Crippen LogP contribution in [0.25, 0.3) is 0 Å². The first-order chi connectivity index (χ1) is 8.62. The van der Waals surface area contributed by atoms with Crippen LogP contribution in [0.4, 0.5) is 0 Å². The van der Waals surface area contributed by atoms with Gasteiger partial charge in [-0.2, -0.15) is 0 Å². The number of nitrogens with one attached hydrogen (secondary N) is 2. The zero-order valence-electron chi connectivity index (χ0n) is 10.6. The Morgan fingerprint density at radius 2 is 2.33 bits per heavy atom. The molecule has 0 aliphatic heterocycles. The molecule has 0 atom stereocenters. The molecule has 1 aliphatic carbocycles. The molecule has 2 N–H and O–H groups in total. The molecule has 1 aromatic rings. The first-order valence-corrected chi connectivity index (χ1v) is 7.81. The highest BCUT2D eigenvalue weighted by Crippen LogP contribution is 2.20. The zero-order chi connectivity index (χ0) is 13.0. The van der Waals surface area contributed by atoms with Gasteiger partial charge < -0.3 is 4.98 Å². The molecule has 1 aromatic heterocycles. The molecule has 1 aliphatic rings. The first kappa shape index (κ1) is 13.3. The summed E-state index contributed by atoms with van der Waals surface area (Å²) in [6, 6.07) is 0. The topological polar surface area (TPSA) is 74.8 Å². The molecule has 1 heterocycles. The molecule has 0 aromatic carbocycles. The molecule has 0 fully saturated rings. The Morgan fingerprint density at radius 1 is 1.50 bits per heavy atom. The standard InChI is InChI=1S/C12H19N3O2S/c1-2-11-13-9-12(15-11)18(16,17)14-8-7-10-5-3-4-6-10/h5,9,14H,2-4,6-8H2,1H3,(H,13,15). The third-order valence-electron chi connectivity index (χ3n) is 3.10. The number of H-pyrrole nitrogens is 1. The van der Waals surface area contributed by atoms with Crippen LogP contribution >= 0.6 is 0 Å². The van der Waals surface area contributed by atoms with Gasteiger partial charge in [0, 0.05) is 13.0 Å². The summed E-state index contributed by atoms with van der Waals surface area (Å²) >= 11 is 0. The fourth-order valence-corrected chi connectivity index (χ4v) is 3.02. The summed E-state index contributed by atoms with van der Waals surface area (Å²) in [5, 5.41) is 0.153. The van der Waals surface area contributed by atoms with Crippen LogP contribution in [-0.2, 0) is 16.4 Å². The summed E-state index contributed by atoms with van der Waals surface area (Å²) < 4.78 is 26.5. The van der Waals surface area contributed by atoms with E-state index < -0.39 is 10.0 Å². The van der Waals surface area contributed by atoms with Gasteiger partial charge in [0.25, 0.3) is 10.0 Å². The van der Waals surface area contributed by atoms with Gasteiger partial charge in [0.2, 0.25) is 0 Å². The average molecular weight is 269 g/mol. The minimum Gasteiger partial charge on any atom is -0.332 e. The molecule has 100 valence electrons. The molecule has 0 saturated carbocycles. The lowest BCUT2D eigenvalue weighted by Crippen LogP contribution is -2.25. The van der Waals surface area contributed by atoms with Gasteiger partial charge in [-0.25, -0.2) is 18.1 Å². The van der Waals surface area contributed by atoms with Crippen molar-refractivity contribution in [1.29, 1.82) is 0 Å². The Bertz CT molecular complexity index is 531. The Morgan fingerprint density at radius 3 is 2.94 bits per heavy atom. The minimum atomic E-state index is -3.44. The van der Waals surface area contributed by atoms with Crippen LogP contribution in [-0.4, -0.2) is 24.9 Å². The predicted molar refractivity (Wildman–Crippen MR) is 69.7 cm³/mol. The monoisotopic (exact) mass is 269 g/mol. The third-order valence-corrected chi connectivity index (χ3v) is 4.47. The van der Waals surface area contributed by atoms with E-state index in [1.807, 2.05) is 6.92 Å². The fraction of sp³-hybridized carbons (Fsp3) is 0.583. The SMILES string of the molecule is CCc1ncc(S(=O)(=O)NCCC2=CCCC2)[nH]1. The van der Waals surface area contributed by atoms with Crippen molar-refractivity contribution in [2.24, 2.45) is 0 Å². The van der Waals surface area contributed by atoms with E-state index in [-0.39, 0.29) is 5.03 Å². The summed E-state index contributed by atoms with van der Waals surface area (Å²) in [7, 11) is -3.44. The number of aromatic nitrogens is 2. The van der Waals surface area contributed by atoms with Crippen LogP contribution in [0.5, 0.6) is 0 Å². The molecule has 2 rings (SSSR count). The van der Waals surface area contributed by atoms with E-state index in [9.17, 15) is 8.42 Å². The number of imidazole rings is 1. The van der Waals surface area contributed by atoms with Crippen molar-refractivity contribution in [3.8, 4) is 0 Å². The van der Waals surface area contributed by atoms with Crippen molar-refractivity contribution in [2.45, 2.75) is 44.1 Å². The van der Waals surface area contributed by atoms with E-state index in [2.05, 4.69) is 20.8 Å². The molecule has 0 spiro atoms. The molecule has 0 bridgehead atoms. The fourth-order valence-electron chi connectivity index (χ4n) is 2.05. The normalized spacial score (nSPS) is 15.9. The maximum Gasteiger partial charge on any atom is 0.257 e. The van der Waals surface area contributed by atoms with Crippen LogP contribution in [0.2, 0.25) is 0 Å². The summed E-state index contributed by atoms with van der Waals surface area (Å²) in [4.78, 5) is 6.81. The smallest absolute Gasteiger partial charge is 0.257 e. The van der Waals surface area contributed by atoms with Gasteiger partial charge in [-0.15, -0.1) is 0 Å². The van der Waals surface area contributed by atoms with Crippen LogP contribution in [0.1, 0.15) is 38.4 Å². The molecular weight excluding hydrogens is 250 g/mol. The number of aromatic amines is 1. The van der Waals surface area contributed by atoms with Gasteiger partial charge >= 0.3 is 0 Å². The van der Waals surface area contributed by atoms with E-state index >= 15 is 0 Å². The maximum absolute atomic E-state index is 11.9. The quantitative estimate of drug-likeness (QED) is 0.773. The predicted octanol–water partition coefficient (Wildman–Crippen LogP) is 1.75. The molecular formula is C12H19N3O2S. The highest BCUT2D eigenvalue weighted by Gasteiger charge is 2.16. The number of nitrogens with zero attached hydrogens (tertiary/aromatic N) is 1. The molecule has 0 radical (unpaired) electrons. The highest BCUT2D eigenvalue weighted by atomic mass is 32.2. The Balaban J connectivity index is 1.90. The molecule has 0 amide bonds. The van der Waals surface area contributed by atoms with E-state index in [0.29, 0.717) is 18.8 Å². The summed E-state index contributed by atoms with van der Waals surface area (Å²) in [6.45, 7) is 2.38. The summed E-state index contributed by atoms with van der Waals surface area (Å²) in [5.74, 6) is 0.689. The molecule has 0 saturated heterocycles. The van der Waals surface area contributed by atoms with Crippen molar-refractivity contribution in [2.75, 3.05) is 6.54 Å². The maximum atomic E-state index is 11.9. The number of aryl methyl sites for hydroxylation is 1. The number of rotatable bonds is 6. The second-order valence-electron chi connectivity index (χ2n) is 4.45. The second-order valence-corrected chi connectivity index (χ2v) is 6.19. The van der Waals surface area contributed by atoms with E-state index in [1.165, 1.54) is 18.2 Å². The number of hydrogen-bond acceptors (Lipinski definition) is 3.